The molecule has 2 atom stereocenters. The maximum absolute atomic E-state index is 12.6. The van der Waals surface area contributed by atoms with Crippen molar-refractivity contribution in [1.29, 1.82) is 0 Å². The Hall–Kier alpha value is -2.58. The highest BCUT2D eigenvalue weighted by Crippen LogP contribution is 2.30. The van der Waals surface area contributed by atoms with E-state index in [1.807, 2.05) is 39.0 Å². The zero-order valence-corrected chi connectivity index (χ0v) is 20.2. The fraction of sp³-hybridized carbons (Fsp3) is 0.500. The number of rotatable bonds is 8. The van der Waals surface area contributed by atoms with Crippen LogP contribution in [0.2, 0.25) is 0 Å². The summed E-state index contributed by atoms with van der Waals surface area (Å²) in [6, 6.07) is 12.1. The Bertz CT molecular complexity index is 860. The Kier molecular flexibility index (Phi) is 8.53. The molecule has 3 rings (SSSR count). The lowest BCUT2D eigenvalue weighted by molar-refractivity contribution is -0.146. The Morgan fingerprint density at radius 3 is 2.28 bits per heavy atom. The van der Waals surface area contributed by atoms with Gasteiger partial charge in [0.15, 0.2) is 0 Å². The van der Waals surface area contributed by atoms with Crippen LogP contribution >= 0.6 is 11.3 Å². The molecule has 0 aliphatic carbocycles. The normalized spacial score (nSPS) is 16.3. The highest BCUT2D eigenvalue weighted by Gasteiger charge is 2.32. The lowest BCUT2D eigenvalue weighted by Crippen LogP contribution is -2.54. The number of benzene rings is 1. The summed E-state index contributed by atoms with van der Waals surface area (Å²) in [7, 11) is 1.67. The van der Waals surface area contributed by atoms with E-state index < -0.39 is 11.8 Å². The van der Waals surface area contributed by atoms with Crippen molar-refractivity contribution in [2.75, 3.05) is 51.3 Å². The van der Waals surface area contributed by atoms with E-state index in [1.54, 1.807) is 23.3 Å². The number of carbonyl (C=O) groups is 2. The van der Waals surface area contributed by atoms with Gasteiger partial charge in [0.05, 0.1) is 13.2 Å². The molecule has 1 N–H and O–H groups in total. The number of carbonyl (C=O) groups excluding carboxylic acids is 2. The molecule has 2 heterocycles. The molecule has 7 nitrogen and oxygen atoms in total. The van der Waals surface area contributed by atoms with Crippen molar-refractivity contribution in [3.05, 3.63) is 46.7 Å². The number of anilines is 1. The molecule has 2 amide bonds. The van der Waals surface area contributed by atoms with Crippen molar-refractivity contribution in [2.45, 2.75) is 32.9 Å². The van der Waals surface area contributed by atoms with Gasteiger partial charge in [-0.05, 0) is 56.5 Å². The topological polar surface area (TPSA) is 65.1 Å². The van der Waals surface area contributed by atoms with E-state index in [0.29, 0.717) is 13.1 Å². The SMILES string of the molecule is CCN(CC)C(=O)C(=O)N[C@@H](C)[C@@H](c1cccs1)N1CCN(c2ccc(OC)cc2)CC1. The van der Waals surface area contributed by atoms with Gasteiger partial charge in [0.2, 0.25) is 0 Å². The molecule has 32 heavy (non-hydrogen) atoms. The molecule has 0 saturated carbocycles. The van der Waals surface area contributed by atoms with Crippen LogP contribution in [0.3, 0.4) is 0 Å². The minimum absolute atomic E-state index is 0.0291. The van der Waals surface area contributed by atoms with Crippen LogP contribution in [-0.2, 0) is 9.59 Å². The number of thiophene rings is 1. The molecule has 1 fully saturated rings. The van der Waals surface area contributed by atoms with Gasteiger partial charge in [-0.15, -0.1) is 11.3 Å². The van der Waals surface area contributed by atoms with E-state index in [4.69, 9.17) is 4.74 Å². The van der Waals surface area contributed by atoms with Crippen LogP contribution in [0, 0.1) is 0 Å². The molecule has 174 valence electrons. The largest absolute Gasteiger partial charge is 0.497 e. The van der Waals surface area contributed by atoms with E-state index in [2.05, 4.69) is 38.7 Å². The van der Waals surface area contributed by atoms with Crippen molar-refractivity contribution < 1.29 is 14.3 Å². The highest BCUT2D eigenvalue weighted by atomic mass is 32.1. The number of amides is 2. The number of methoxy groups -OCH3 is 1. The Balaban J connectivity index is 1.67. The molecule has 1 aliphatic rings. The number of hydrogen-bond donors (Lipinski definition) is 1. The molecular formula is C24H34N4O3S. The summed E-state index contributed by atoms with van der Waals surface area (Å²) in [5.74, 6) is -0.135. The van der Waals surface area contributed by atoms with Crippen molar-refractivity contribution in [2.24, 2.45) is 0 Å². The molecule has 1 aliphatic heterocycles. The van der Waals surface area contributed by atoms with Crippen LogP contribution in [0.5, 0.6) is 5.75 Å². The lowest BCUT2D eigenvalue weighted by atomic mass is 10.0. The monoisotopic (exact) mass is 458 g/mol. The summed E-state index contributed by atoms with van der Waals surface area (Å²) in [4.78, 5) is 32.6. The molecular weight excluding hydrogens is 424 g/mol. The first kappa shape index (κ1) is 24.1. The van der Waals surface area contributed by atoms with Crippen LogP contribution in [0.4, 0.5) is 5.69 Å². The van der Waals surface area contributed by atoms with Crippen molar-refractivity contribution in [3.8, 4) is 5.75 Å². The number of hydrogen-bond acceptors (Lipinski definition) is 6. The smallest absolute Gasteiger partial charge is 0.311 e. The fourth-order valence-corrected chi connectivity index (χ4v) is 5.22. The third kappa shape index (κ3) is 5.61. The third-order valence-corrected chi connectivity index (χ3v) is 7.00. The van der Waals surface area contributed by atoms with Crippen LogP contribution in [-0.4, -0.2) is 74.0 Å². The van der Waals surface area contributed by atoms with E-state index in [-0.39, 0.29) is 12.1 Å². The lowest BCUT2D eigenvalue weighted by Gasteiger charge is -2.42. The molecule has 0 bridgehead atoms. The minimum Gasteiger partial charge on any atom is -0.497 e. The minimum atomic E-state index is -0.528. The zero-order valence-electron chi connectivity index (χ0n) is 19.4. The average molecular weight is 459 g/mol. The van der Waals surface area contributed by atoms with Gasteiger partial charge in [0.25, 0.3) is 0 Å². The third-order valence-electron chi connectivity index (χ3n) is 6.06. The number of nitrogens with zero attached hydrogens (tertiary/aromatic N) is 3. The predicted octanol–water partition coefficient (Wildman–Crippen LogP) is 2.99. The van der Waals surface area contributed by atoms with Crippen LogP contribution in [0.1, 0.15) is 31.7 Å². The summed E-state index contributed by atoms with van der Waals surface area (Å²) >= 11 is 1.69. The Morgan fingerprint density at radius 1 is 1.09 bits per heavy atom. The molecule has 0 spiro atoms. The first-order valence-corrected chi connectivity index (χ1v) is 12.1. The maximum Gasteiger partial charge on any atom is 0.311 e. The summed E-state index contributed by atoms with van der Waals surface area (Å²) in [6.45, 7) is 10.4. The summed E-state index contributed by atoms with van der Waals surface area (Å²) in [5, 5.41) is 5.04. The van der Waals surface area contributed by atoms with Gasteiger partial charge in [0, 0.05) is 55.9 Å². The van der Waals surface area contributed by atoms with Gasteiger partial charge in [-0.25, -0.2) is 0 Å². The predicted molar refractivity (Wildman–Crippen MR) is 129 cm³/mol. The first-order chi connectivity index (χ1) is 15.5. The van der Waals surface area contributed by atoms with Gasteiger partial charge in [-0.3, -0.25) is 14.5 Å². The van der Waals surface area contributed by atoms with E-state index >= 15 is 0 Å². The highest BCUT2D eigenvalue weighted by molar-refractivity contribution is 7.10. The first-order valence-electron chi connectivity index (χ1n) is 11.2. The van der Waals surface area contributed by atoms with Gasteiger partial charge >= 0.3 is 11.8 Å². The number of piperazine rings is 1. The second-order valence-corrected chi connectivity index (χ2v) is 8.90. The van der Waals surface area contributed by atoms with Gasteiger partial charge in [0.1, 0.15) is 5.75 Å². The fourth-order valence-electron chi connectivity index (χ4n) is 4.26. The summed E-state index contributed by atoms with van der Waals surface area (Å²) in [5.41, 5.74) is 1.18. The number of nitrogens with one attached hydrogen (secondary N) is 1. The Labute approximate surface area is 194 Å². The van der Waals surface area contributed by atoms with Crippen molar-refractivity contribution >= 4 is 28.8 Å². The van der Waals surface area contributed by atoms with Gasteiger partial charge < -0.3 is 19.9 Å². The standard InChI is InChI=1S/C24H34N4O3S/c1-5-26(6-2)24(30)23(29)25-18(3)22(21-8-7-17-32-21)28-15-13-27(14-16-28)19-9-11-20(31-4)12-10-19/h7-12,17-18,22H,5-6,13-16H2,1-4H3,(H,25,29)/t18-,22-/m0/s1. The van der Waals surface area contributed by atoms with Crippen molar-refractivity contribution in [3.63, 3.8) is 0 Å². The summed E-state index contributed by atoms with van der Waals surface area (Å²) < 4.78 is 5.26. The van der Waals surface area contributed by atoms with Crippen LogP contribution < -0.4 is 15.0 Å². The van der Waals surface area contributed by atoms with Crippen LogP contribution in [0.15, 0.2) is 41.8 Å². The van der Waals surface area contributed by atoms with Gasteiger partial charge in [-0.1, -0.05) is 6.07 Å². The molecule has 2 aromatic rings. The Morgan fingerprint density at radius 2 is 1.75 bits per heavy atom. The van der Waals surface area contributed by atoms with E-state index in [1.165, 1.54) is 10.6 Å². The van der Waals surface area contributed by atoms with E-state index in [9.17, 15) is 9.59 Å². The number of ether oxygens (including phenoxy) is 1. The summed E-state index contributed by atoms with van der Waals surface area (Å²) in [6.07, 6.45) is 0. The molecule has 0 radical (unpaired) electrons. The second kappa shape index (κ2) is 11.3. The van der Waals surface area contributed by atoms with Crippen LogP contribution in [0.25, 0.3) is 0 Å². The quantitative estimate of drug-likeness (QED) is 0.616. The molecule has 1 aromatic heterocycles. The molecule has 0 unspecified atom stereocenters. The molecule has 1 aromatic carbocycles. The second-order valence-electron chi connectivity index (χ2n) is 7.92. The zero-order chi connectivity index (χ0) is 23.1. The number of likely N-dealkylation sites (N-methyl/N-ethyl adjacent to an activating group) is 1. The maximum atomic E-state index is 12.6. The van der Waals surface area contributed by atoms with E-state index in [0.717, 1.165) is 31.9 Å². The average Bonchev–Trinajstić information content (AvgIpc) is 3.34. The van der Waals surface area contributed by atoms with Crippen molar-refractivity contribution in [1.82, 2.24) is 15.1 Å². The molecule has 8 heteroatoms. The van der Waals surface area contributed by atoms with Gasteiger partial charge in [-0.2, -0.15) is 0 Å². The molecule has 1 saturated heterocycles.